The number of hydrogen-bond donors (Lipinski definition) is 1. The van der Waals surface area contributed by atoms with E-state index in [1.165, 1.54) is 0 Å². The molecule has 0 bridgehead atoms. The Hall–Kier alpha value is -2.56. The minimum Gasteiger partial charge on any atom is -0.362 e. The molecule has 5 nitrogen and oxygen atoms in total. The summed E-state index contributed by atoms with van der Waals surface area (Å²) in [6.45, 7) is 10.4. The molecule has 0 atom stereocenters. The molecule has 2 amide bonds. The Bertz CT molecular complexity index is 838. The topological polar surface area (TPSA) is 56.4 Å². The molecule has 3 rings (SSSR count). The molecule has 0 unspecified atom stereocenters. The lowest BCUT2D eigenvalue weighted by Crippen LogP contribution is -2.37. The van der Waals surface area contributed by atoms with E-state index in [1.807, 2.05) is 61.8 Å². The molecule has 1 N–H and O–H groups in total. The van der Waals surface area contributed by atoms with Crippen molar-refractivity contribution in [1.29, 1.82) is 0 Å². The summed E-state index contributed by atoms with van der Waals surface area (Å²) in [7, 11) is 0. The molecule has 26 heavy (non-hydrogen) atoms. The van der Waals surface area contributed by atoms with E-state index in [1.54, 1.807) is 0 Å². The molecule has 1 aliphatic heterocycles. The van der Waals surface area contributed by atoms with E-state index in [0.717, 1.165) is 40.1 Å². The van der Waals surface area contributed by atoms with E-state index < -0.39 is 0 Å². The van der Waals surface area contributed by atoms with E-state index >= 15 is 0 Å². The Balaban J connectivity index is 1.71. The molecule has 0 radical (unpaired) electrons. The number of H-pyrrole nitrogens is 1. The zero-order valence-electron chi connectivity index (χ0n) is 16.1. The van der Waals surface area contributed by atoms with Crippen LogP contribution in [0, 0.1) is 27.7 Å². The minimum atomic E-state index is 0.0488. The molecule has 1 fully saturated rings. The number of amides is 2. The Morgan fingerprint density at radius 3 is 2.00 bits per heavy atom. The fourth-order valence-electron chi connectivity index (χ4n) is 3.66. The van der Waals surface area contributed by atoms with Gasteiger partial charge in [-0.2, -0.15) is 0 Å². The van der Waals surface area contributed by atoms with Gasteiger partial charge < -0.3 is 14.8 Å². The van der Waals surface area contributed by atoms with E-state index in [2.05, 4.69) is 4.98 Å². The second-order valence-electron chi connectivity index (χ2n) is 7.25. The van der Waals surface area contributed by atoms with Gasteiger partial charge in [0.05, 0.1) is 5.56 Å². The molecule has 1 saturated heterocycles. The number of nitrogens with one attached hydrogen (secondary N) is 1. The fourth-order valence-corrected chi connectivity index (χ4v) is 3.66. The first-order chi connectivity index (χ1) is 12.4. The first kappa shape index (κ1) is 18.2. The second-order valence-corrected chi connectivity index (χ2v) is 7.25. The molecular formula is C21H27N3O2. The number of carbonyl (C=O) groups excluding carboxylic acids is 2. The highest BCUT2D eigenvalue weighted by Crippen LogP contribution is 2.17. The third-order valence-electron chi connectivity index (χ3n) is 5.06. The number of hydrogen-bond acceptors (Lipinski definition) is 2. The van der Waals surface area contributed by atoms with Crippen LogP contribution in [0.15, 0.2) is 24.3 Å². The van der Waals surface area contributed by atoms with Gasteiger partial charge in [-0.05, 0) is 51.8 Å². The Kier molecular flexibility index (Phi) is 5.16. The number of benzene rings is 1. The van der Waals surface area contributed by atoms with E-state index in [9.17, 15) is 9.59 Å². The summed E-state index contributed by atoms with van der Waals surface area (Å²) in [5, 5.41) is 0. The average molecular weight is 353 g/mol. The van der Waals surface area contributed by atoms with Crippen LogP contribution >= 0.6 is 0 Å². The molecule has 1 aromatic carbocycles. The Labute approximate surface area is 155 Å². The smallest absolute Gasteiger partial charge is 0.255 e. The van der Waals surface area contributed by atoms with Crippen molar-refractivity contribution in [2.45, 2.75) is 34.1 Å². The van der Waals surface area contributed by atoms with E-state index in [-0.39, 0.29) is 11.8 Å². The fraction of sp³-hybridized carbons (Fsp3) is 0.429. The van der Waals surface area contributed by atoms with Crippen LogP contribution in [0.1, 0.15) is 49.7 Å². The van der Waals surface area contributed by atoms with Gasteiger partial charge in [0.25, 0.3) is 11.8 Å². The van der Waals surface area contributed by atoms with Crippen molar-refractivity contribution in [1.82, 2.24) is 14.8 Å². The number of aromatic nitrogens is 1. The molecule has 5 heteroatoms. The third kappa shape index (κ3) is 3.66. The standard InChI is InChI=1S/C21H27N3O2/c1-14-6-7-18(15(2)12-14)20(25)23-8-5-9-24(11-10-23)21(26)19-13-16(3)22-17(19)4/h6-7,12-13,22H,5,8-11H2,1-4H3. The first-order valence-electron chi connectivity index (χ1n) is 9.19. The monoisotopic (exact) mass is 353 g/mol. The van der Waals surface area contributed by atoms with Crippen molar-refractivity contribution in [3.63, 3.8) is 0 Å². The molecule has 1 aliphatic rings. The predicted octanol–water partition coefficient (Wildman–Crippen LogP) is 3.24. The first-order valence-corrected chi connectivity index (χ1v) is 9.19. The largest absolute Gasteiger partial charge is 0.362 e. The van der Waals surface area contributed by atoms with Gasteiger partial charge in [-0.3, -0.25) is 9.59 Å². The zero-order valence-corrected chi connectivity index (χ0v) is 16.1. The molecular weight excluding hydrogens is 326 g/mol. The SMILES string of the molecule is Cc1ccc(C(=O)N2CCCN(C(=O)c3cc(C)[nH]c3C)CC2)c(C)c1. The number of aromatic amines is 1. The Morgan fingerprint density at radius 2 is 1.46 bits per heavy atom. The lowest BCUT2D eigenvalue weighted by Gasteiger charge is -2.23. The molecule has 2 heterocycles. The zero-order chi connectivity index (χ0) is 18.8. The van der Waals surface area contributed by atoms with Gasteiger partial charge in [0.2, 0.25) is 0 Å². The van der Waals surface area contributed by atoms with Crippen LogP contribution in [-0.4, -0.2) is 52.8 Å². The van der Waals surface area contributed by atoms with Crippen molar-refractivity contribution in [2.24, 2.45) is 0 Å². The van der Waals surface area contributed by atoms with Crippen LogP contribution in [0.4, 0.5) is 0 Å². The molecule has 138 valence electrons. The van der Waals surface area contributed by atoms with E-state index in [4.69, 9.17) is 0 Å². The summed E-state index contributed by atoms with van der Waals surface area (Å²) in [5.74, 6) is 0.109. The summed E-state index contributed by atoms with van der Waals surface area (Å²) in [6.07, 6.45) is 0.796. The highest BCUT2D eigenvalue weighted by Gasteiger charge is 2.25. The van der Waals surface area contributed by atoms with Crippen molar-refractivity contribution in [3.05, 3.63) is 57.9 Å². The predicted molar refractivity (Wildman–Crippen MR) is 103 cm³/mol. The molecule has 0 saturated carbocycles. The van der Waals surface area contributed by atoms with Gasteiger partial charge in [0.1, 0.15) is 0 Å². The number of rotatable bonds is 2. The summed E-state index contributed by atoms with van der Waals surface area (Å²) in [4.78, 5) is 32.7. The van der Waals surface area contributed by atoms with Gasteiger partial charge >= 0.3 is 0 Å². The van der Waals surface area contributed by atoms with Crippen molar-refractivity contribution in [3.8, 4) is 0 Å². The maximum absolute atomic E-state index is 12.9. The lowest BCUT2D eigenvalue weighted by atomic mass is 10.0. The highest BCUT2D eigenvalue weighted by atomic mass is 16.2. The third-order valence-corrected chi connectivity index (χ3v) is 5.06. The number of carbonyl (C=O) groups is 2. The minimum absolute atomic E-state index is 0.0488. The summed E-state index contributed by atoms with van der Waals surface area (Å²) < 4.78 is 0. The summed E-state index contributed by atoms with van der Waals surface area (Å²) in [6, 6.07) is 7.83. The van der Waals surface area contributed by atoms with Crippen molar-refractivity contribution >= 4 is 11.8 Å². The van der Waals surface area contributed by atoms with Crippen LogP contribution in [-0.2, 0) is 0 Å². The maximum atomic E-state index is 12.9. The number of aryl methyl sites for hydroxylation is 4. The van der Waals surface area contributed by atoms with Crippen LogP contribution in [0.3, 0.4) is 0 Å². The maximum Gasteiger partial charge on any atom is 0.255 e. The van der Waals surface area contributed by atoms with Crippen LogP contribution in [0.25, 0.3) is 0 Å². The van der Waals surface area contributed by atoms with Gasteiger partial charge in [0, 0.05) is 43.1 Å². The average Bonchev–Trinajstić information content (AvgIpc) is 2.80. The molecule has 2 aromatic rings. The van der Waals surface area contributed by atoms with Crippen LogP contribution in [0.5, 0.6) is 0 Å². The summed E-state index contributed by atoms with van der Waals surface area (Å²) in [5.41, 5.74) is 5.55. The van der Waals surface area contributed by atoms with Gasteiger partial charge in [0.15, 0.2) is 0 Å². The van der Waals surface area contributed by atoms with Gasteiger partial charge in [-0.1, -0.05) is 17.7 Å². The Morgan fingerprint density at radius 1 is 0.846 bits per heavy atom. The highest BCUT2D eigenvalue weighted by molar-refractivity contribution is 5.97. The normalized spacial score (nSPS) is 15.1. The van der Waals surface area contributed by atoms with E-state index in [0.29, 0.717) is 26.2 Å². The second kappa shape index (κ2) is 7.36. The van der Waals surface area contributed by atoms with Gasteiger partial charge in [-0.15, -0.1) is 0 Å². The molecule has 0 spiro atoms. The molecule has 0 aliphatic carbocycles. The van der Waals surface area contributed by atoms with Crippen molar-refractivity contribution < 1.29 is 9.59 Å². The molecule has 1 aromatic heterocycles. The van der Waals surface area contributed by atoms with Crippen LogP contribution in [0.2, 0.25) is 0 Å². The van der Waals surface area contributed by atoms with Crippen molar-refractivity contribution in [2.75, 3.05) is 26.2 Å². The van der Waals surface area contributed by atoms with Crippen LogP contribution < -0.4 is 0 Å². The summed E-state index contributed by atoms with van der Waals surface area (Å²) >= 11 is 0. The quantitative estimate of drug-likeness (QED) is 0.901. The number of nitrogens with zero attached hydrogens (tertiary/aromatic N) is 2. The van der Waals surface area contributed by atoms with Gasteiger partial charge in [-0.25, -0.2) is 0 Å². The lowest BCUT2D eigenvalue weighted by molar-refractivity contribution is 0.0718.